The van der Waals surface area contributed by atoms with E-state index in [4.69, 9.17) is 4.74 Å². The third-order valence-corrected chi connectivity index (χ3v) is 3.62. The second-order valence-corrected chi connectivity index (χ2v) is 5.20. The average Bonchev–Trinajstić information content (AvgIpc) is 2.84. The van der Waals surface area contributed by atoms with Crippen LogP contribution in [0.4, 0.5) is 0 Å². The summed E-state index contributed by atoms with van der Waals surface area (Å²) in [6.45, 7) is 3.17. The molecule has 4 heteroatoms. The van der Waals surface area contributed by atoms with Gasteiger partial charge in [0.1, 0.15) is 5.75 Å². The molecule has 1 aliphatic rings. The largest absolute Gasteiger partial charge is 0.493 e. The van der Waals surface area contributed by atoms with Crippen LogP contribution in [0.5, 0.6) is 5.75 Å². The van der Waals surface area contributed by atoms with Gasteiger partial charge in [0.25, 0.3) is 0 Å². The van der Waals surface area contributed by atoms with Crippen LogP contribution in [0.1, 0.15) is 12.8 Å². The van der Waals surface area contributed by atoms with Crippen LogP contribution >= 0.6 is 0 Å². The summed E-state index contributed by atoms with van der Waals surface area (Å²) in [7, 11) is 2.18. The number of hydrogen-bond donors (Lipinski definition) is 1. The highest BCUT2D eigenvalue weighted by molar-refractivity contribution is 5.79. The maximum Gasteiger partial charge on any atom is 0.121 e. The first-order valence-corrected chi connectivity index (χ1v) is 6.56. The molecule has 1 aromatic carbocycles. The lowest BCUT2D eigenvalue weighted by Gasteiger charge is -2.29. The molecular weight excluding hydrogens is 226 g/mol. The highest BCUT2D eigenvalue weighted by Crippen LogP contribution is 2.21. The number of ether oxygens (including phenoxy) is 1. The van der Waals surface area contributed by atoms with Crippen molar-refractivity contribution in [1.29, 1.82) is 0 Å². The molecule has 0 spiro atoms. The standard InChI is InChI=1S/C14H19N3O/c1-17-6-2-3-11(9-17)10-18-13-5-4-12-8-15-16-14(12)7-13/h4-5,7-8,11H,2-3,6,9-10H2,1H3,(H,15,16). The van der Waals surface area contributed by atoms with Crippen molar-refractivity contribution in [2.75, 3.05) is 26.7 Å². The van der Waals surface area contributed by atoms with Crippen molar-refractivity contribution in [3.05, 3.63) is 24.4 Å². The number of rotatable bonds is 3. The Morgan fingerprint density at radius 1 is 1.50 bits per heavy atom. The molecule has 1 N–H and O–H groups in total. The first-order valence-electron chi connectivity index (χ1n) is 6.56. The van der Waals surface area contributed by atoms with Crippen LogP contribution in [0, 0.1) is 5.92 Å². The Labute approximate surface area is 107 Å². The molecule has 0 saturated carbocycles. The minimum absolute atomic E-state index is 0.654. The van der Waals surface area contributed by atoms with E-state index in [1.165, 1.54) is 19.4 Å². The minimum Gasteiger partial charge on any atom is -0.493 e. The number of aromatic amines is 1. The van der Waals surface area contributed by atoms with Crippen LogP contribution in [0.3, 0.4) is 0 Å². The predicted molar refractivity (Wildman–Crippen MR) is 71.8 cm³/mol. The van der Waals surface area contributed by atoms with Gasteiger partial charge < -0.3 is 9.64 Å². The van der Waals surface area contributed by atoms with Crippen molar-refractivity contribution in [3.63, 3.8) is 0 Å². The lowest BCUT2D eigenvalue weighted by atomic mass is 10.00. The van der Waals surface area contributed by atoms with Gasteiger partial charge in [-0.15, -0.1) is 0 Å². The number of aromatic nitrogens is 2. The van der Waals surface area contributed by atoms with Gasteiger partial charge >= 0.3 is 0 Å². The molecule has 18 heavy (non-hydrogen) atoms. The normalized spacial score (nSPS) is 21.3. The molecule has 0 amide bonds. The maximum absolute atomic E-state index is 5.90. The Kier molecular flexibility index (Phi) is 3.19. The van der Waals surface area contributed by atoms with Crippen LogP contribution in [0.2, 0.25) is 0 Å². The summed E-state index contributed by atoms with van der Waals surface area (Å²) in [5.41, 5.74) is 1.04. The number of nitrogens with zero attached hydrogens (tertiary/aromatic N) is 2. The molecule has 0 radical (unpaired) electrons. The van der Waals surface area contributed by atoms with Gasteiger partial charge in [-0.25, -0.2) is 0 Å². The summed E-state index contributed by atoms with van der Waals surface area (Å²) >= 11 is 0. The Morgan fingerprint density at radius 2 is 2.44 bits per heavy atom. The van der Waals surface area contributed by atoms with Crippen molar-refractivity contribution in [2.45, 2.75) is 12.8 Å². The molecule has 1 saturated heterocycles. The number of benzene rings is 1. The molecule has 0 bridgehead atoms. The summed E-state index contributed by atoms with van der Waals surface area (Å²) in [5, 5.41) is 8.11. The summed E-state index contributed by atoms with van der Waals surface area (Å²) in [5.74, 6) is 1.58. The number of H-pyrrole nitrogens is 1. The number of fused-ring (bicyclic) bond motifs is 1. The van der Waals surface area contributed by atoms with E-state index in [9.17, 15) is 0 Å². The Morgan fingerprint density at radius 3 is 3.33 bits per heavy atom. The quantitative estimate of drug-likeness (QED) is 0.902. The fourth-order valence-electron chi connectivity index (χ4n) is 2.63. The number of nitrogens with one attached hydrogen (secondary N) is 1. The maximum atomic E-state index is 5.90. The third kappa shape index (κ3) is 2.48. The van der Waals surface area contributed by atoms with E-state index in [0.29, 0.717) is 5.92 Å². The first-order chi connectivity index (χ1) is 8.81. The summed E-state index contributed by atoms with van der Waals surface area (Å²) < 4.78 is 5.90. The average molecular weight is 245 g/mol. The zero-order valence-corrected chi connectivity index (χ0v) is 10.7. The number of piperidine rings is 1. The molecule has 1 aromatic heterocycles. The van der Waals surface area contributed by atoms with Crippen LogP contribution in [0.25, 0.3) is 10.9 Å². The van der Waals surface area contributed by atoms with Crippen molar-refractivity contribution in [2.24, 2.45) is 5.92 Å². The second-order valence-electron chi connectivity index (χ2n) is 5.20. The molecule has 1 fully saturated rings. The third-order valence-electron chi connectivity index (χ3n) is 3.62. The van der Waals surface area contributed by atoms with Gasteiger partial charge in [0.15, 0.2) is 0 Å². The van der Waals surface area contributed by atoms with Crippen molar-refractivity contribution < 1.29 is 4.74 Å². The summed E-state index contributed by atoms with van der Waals surface area (Å²) in [6.07, 6.45) is 4.38. The fourth-order valence-corrected chi connectivity index (χ4v) is 2.63. The van der Waals surface area contributed by atoms with Gasteiger partial charge in [-0.05, 0) is 38.6 Å². The van der Waals surface area contributed by atoms with E-state index in [1.54, 1.807) is 0 Å². The smallest absolute Gasteiger partial charge is 0.121 e. The van der Waals surface area contributed by atoms with Crippen LogP contribution in [0.15, 0.2) is 24.4 Å². The van der Waals surface area contributed by atoms with Crippen LogP contribution < -0.4 is 4.74 Å². The Hall–Kier alpha value is -1.55. The van der Waals surface area contributed by atoms with Gasteiger partial charge in [-0.1, -0.05) is 0 Å². The van der Waals surface area contributed by atoms with E-state index >= 15 is 0 Å². The van der Waals surface area contributed by atoms with Gasteiger partial charge in [0, 0.05) is 23.9 Å². The number of hydrogen-bond acceptors (Lipinski definition) is 3. The molecule has 4 nitrogen and oxygen atoms in total. The molecule has 0 aliphatic carbocycles. The van der Waals surface area contributed by atoms with Crippen LogP contribution in [-0.4, -0.2) is 41.8 Å². The van der Waals surface area contributed by atoms with Crippen molar-refractivity contribution in [1.82, 2.24) is 15.1 Å². The first kappa shape index (κ1) is 11.5. The molecule has 2 aromatic rings. The summed E-state index contributed by atoms with van der Waals surface area (Å²) in [4.78, 5) is 2.38. The Bertz CT molecular complexity index is 522. The van der Waals surface area contributed by atoms with Crippen LogP contribution in [-0.2, 0) is 0 Å². The highest BCUT2D eigenvalue weighted by Gasteiger charge is 2.17. The van der Waals surface area contributed by atoms with Gasteiger partial charge in [0.2, 0.25) is 0 Å². The molecule has 1 unspecified atom stereocenters. The van der Waals surface area contributed by atoms with E-state index in [2.05, 4.69) is 22.1 Å². The fraction of sp³-hybridized carbons (Fsp3) is 0.500. The number of likely N-dealkylation sites (tertiary alicyclic amines) is 1. The molecule has 1 aliphatic heterocycles. The second kappa shape index (κ2) is 4.98. The monoisotopic (exact) mass is 245 g/mol. The lowest BCUT2D eigenvalue weighted by Crippen LogP contribution is -2.34. The lowest BCUT2D eigenvalue weighted by molar-refractivity contribution is 0.150. The van der Waals surface area contributed by atoms with Crippen molar-refractivity contribution in [3.8, 4) is 5.75 Å². The minimum atomic E-state index is 0.654. The van der Waals surface area contributed by atoms with Gasteiger partial charge in [-0.3, -0.25) is 5.10 Å². The molecule has 96 valence electrons. The molecule has 1 atom stereocenters. The Balaban J connectivity index is 1.61. The van der Waals surface area contributed by atoms with E-state index in [1.807, 2.05) is 24.4 Å². The zero-order chi connectivity index (χ0) is 12.4. The van der Waals surface area contributed by atoms with E-state index < -0.39 is 0 Å². The molecule has 3 rings (SSSR count). The van der Waals surface area contributed by atoms with E-state index in [-0.39, 0.29) is 0 Å². The zero-order valence-electron chi connectivity index (χ0n) is 10.7. The molecular formula is C14H19N3O. The topological polar surface area (TPSA) is 41.1 Å². The van der Waals surface area contributed by atoms with Gasteiger partial charge in [-0.2, -0.15) is 5.10 Å². The SMILES string of the molecule is CN1CCCC(COc2ccc3cn[nH]c3c2)C1. The molecule has 2 heterocycles. The van der Waals surface area contributed by atoms with E-state index in [0.717, 1.165) is 29.8 Å². The summed E-state index contributed by atoms with van der Waals surface area (Å²) in [6, 6.07) is 6.08. The predicted octanol–water partition coefficient (Wildman–Crippen LogP) is 2.28. The van der Waals surface area contributed by atoms with Crippen molar-refractivity contribution >= 4 is 10.9 Å². The highest BCUT2D eigenvalue weighted by atomic mass is 16.5. The van der Waals surface area contributed by atoms with Gasteiger partial charge in [0.05, 0.1) is 18.3 Å².